The molecule has 2 heterocycles. The van der Waals surface area contributed by atoms with Gasteiger partial charge in [0, 0.05) is 30.3 Å². The molecule has 0 saturated carbocycles. The van der Waals surface area contributed by atoms with Crippen LogP contribution in [0.25, 0.3) is 0 Å². The van der Waals surface area contributed by atoms with Gasteiger partial charge in [-0.1, -0.05) is 54.6 Å². The van der Waals surface area contributed by atoms with Crippen molar-refractivity contribution >= 4 is 17.5 Å². The number of esters is 1. The van der Waals surface area contributed by atoms with Crippen LogP contribution in [0.3, 0.4) is 0 Å². The predicted octanol–water partition coefficient (Wildman–Crippen LogP) is 3.68. The normalized spacial score (nSPS) is 21.8. The number of Topliss-reactive ketones (excluding diaryl/α,β-unsaturated/α-hetero) is 1. The van der Waals surface area contributed by atoms with Crippen molar-refractivity contribution in [2.45, 2.75) is 26.3 Å². The SMILES string of the molecule is COC(=O)C1C(C)=NC2=C(C(=O)CN(Cc3ccccc3)C2)C1c1ccccc1C. The minimum atomic E-state index is -0.584. The molecule has 0 fully saturated rings. The Hall–Kier alpha value is -3.05. The van der Waals surface area contributed by atoms with Gasteiger partial charge in [0.15, 0.2) is 5.78 Å². The first kappa shape index (κ1) is 20.2. The third kappa shape index (κ3) is 3.73. The van der Waals surface area contributed by atoms with Crippen molar-refractivity contribution in [3.05, 3.63) is 82.6 Å². The van der Waals surface area contributed by atoms with Gasteiger partial charge in [0.2, 0.25) is 0 Å². The molecule has 5 nitrogen and oxygen atoms in total. The van der Waals surface area contributed by atoms with E-state index in [1.807, 2.05) is 56.3 Å². The molecule has 2 aliphatic rings. The standard InChI is InChI=1S/C25H26N2O3/c1-16-9-7-8-12-19(16)23-22(25(29)30-3)17(2)26-20-14-27(15-21(28)24(20)23)13-18-10-5-4-6-11-18/h4-12,22-23H,13-15H2,1-3H3. The zero-order valence-electron chi connectivity index (χ0n) is 17.6. The first-order chi connectivity index (χ1) is 14.5. The number of aliphatic imine (C=N–C) groups is 1. The molecular weight excluding hydrogens is 376 g/mol. The van der Waals surface area contributed by atoms with Crippen LogP contribution < -0.4 is 0 Å². The number of methoxy groups -OCH3 is 1. The second-order valence-corrected chi connectivity index (χ2v) is 8.00. The van der Waals surface area contributed by atoms with Gasteiger partial charge in [0.25, 0.3) is 0 Å². The van der Waals surface area contributed by atoms with Crippen LogP contribution in [0.1, 0.15) is 29.5 Å². The van der Waals surface area contributed by atoms with Crippen LogP contribution in [0.15, 0.2) is 70.9 Å². The van der Waals surface area contributed by atoms with Crippen molar-refractivity contribution in [2.24, 2.45) is 10.9 Å². The summed E-state index contributed by atoms with van der Waals surface area (Å²) in [5.41, 5.74) is 5.33. The Balaban J connectivity index is 1.76. The van der Waals surface area contributed by atoms with E-state index in [1.165, 1.54) is 7.11 Å². The summed E-state index contributed by atoms with van der Waals surface area (Å²) in [6.45, 7) is 5.47. The van der Waals surface area contributed by atoms with Crippen LogP contribution in [0, 0.1) is 12.8 Å². The fourth-order valence-corrected chi connectivity index (χ4v) is 4.60. The highest BCUT2D eigenvalue weighted by atomic mass is 16.5. The molecule has 30 heavy (non-hydrogen) atoms. The van der Waals surface area contributed by atoms with Gasteiger partial charge in [0.05, 0.1) is 19.4 Å². The van der Waals surface area contributed by atoms with Gasteiger partial charge in [0.1, 0.15) is 5.92 Å². The number of rotatable bonds is 4. The Bertz CT molecular complexity index is 1040. The number of carbonyl (C=O) groups is 2. The lowest BCUT2D eigenvalue weighted by Gasteiger charge is -2.38. The number of hydrogen-bond acceptors (Lipinski definition) is 5. The number of ether oxygens (including phenoxy) is 1. The lowest BCUT2D eigenvalue weighted by molar-refractivity contribution is -0.143. The molecule has 2 unspecified atom stereocenters. The van der Waals surface area contributed by atoms with E-state index >= 15 is 0 Å². The largest absolute Gasteiger partial charge is 0.468 e. The van der Waals surface area contributed by atoms with Crippen LogP contribution in [0.2, 0.25) is 0 Å². The van der Waals surface area contributed by atoms with Crippen molar-refractivity contribution in [3.63, 3.8) is 0 Å². The molecule has 0 spiro atoms. The minimum absolute atomic E-state index is 0.0330. The smallest absolute Gasteiger partial charge is 0.315 e. The molecule has 0 aliphatic carbocycles. The van der Waals surface area contributed by atoms with E-state index < -0.39 is 5.92 Å². The molecular formula is C25H26N2O3. The summed E-state index contributed by atoms with van der Waals surface area (Å²) < 4.78 is 5.10. The highest BCUT2D eigenvalue weighted by Gasteiger charge is 2.44. The number of nitrogens with zero attached hydrogens (tertiary/aromatic N) is 2. The van der Waals surface area contributed by atoms with Crippen LogP contribution in [-0.4, -0.2) is 42.6 Å². The topological polar surface area (TPSA) is 59.0 Å². The van der Waals surface area contributed by atoms with E-state index in [0.717, 1.165) is 22.4 Å². The lowest BCUT2D eigenvalue weighted by atomic mass is 9.72. The molecule has 0 amide bonds. The Morgan fingerprint density at radius 1 is 1.07 bits per heavy atom. The van der Waals surface area contributed by atoms with Crippen molar-refractivity contribution in [1.82, 2.24) is 4.90 Å². The third-order valence-electron chi connectivity index (χ3n) is 5.99. The molecule has 0 bridgehead atoms. The summed E-state index contributed by atoms with van der Waals surface area (Å²) in [4.78, 5) is 32.9. The summed E-state index contributed by atoms with van der Waals surface area (Å²) in [6.07, 6.45) is 0. The highest BCUT2D eigenvalue weighted by Crippen LogP contribution is 2.42. The quantitative estimate of drug-likeness (QED) is 0.732. The lowest BCUT2D eigenvalue weighted by Crippen LogP contribution is -2.44. The van der Waals surface area contributed by atoms with Gasteiger partial charge in [-0.25, -0.2) is 0 Å². The number of carbonyl (C=O) groups excluding carboxylic acids is 2. The summed E-state index contributed by atoms with van der Waals surface area (Å²) in [7, 11) is 1.39. The van der Waals surface area contributed by atoms with Crippen LogP contribution in [-0.2, 0) is 20.9 Å². The van der Waals surface area contributed by atoms with E-state index in [-0.39, 0.29) is 17.7 Å². The molecule has 2 aromatic carbocycles. The molecule has 154 valence electrons. The van der Waals surface area contributed by atoms with Crippen molar-refractivity contribution in [2.75, 3.05) is 20.2 Å². The van der Waals surface area contributed by atoms with Gasteiger partial charge < -0.3 is 4.74 Å². The summed E-state index contributed by atoms with van der Waals surface area (Å²) in [5.74, 6) is -1.27. The third-order valence-corrected chi connectivity index (χ3v) is 5.99. The maximum atomic E-state index is 13.4. The average molecular weight is 402 g/mol. The predicted molar refractivity (Wildman–Crippen MR) is 116 cm³/mol. The zero-order chi connectivity index (χ0) is 21.3. The van der Waals surface area contributed by atoms with Gasteiger partial charge >= 0.3 is 5.97 Å². The van der Waals surface area contributed by atoms with Gasteiger partial charge in [-0.15, -0.1) is 0 Å². The zero-order valence-corrected chi connectivity index (χ0v) is 17.6. The molecule has 5 heteroatoms. The van der Waals surface area contributed by atoms with E-state index in [2.05, 4.69) is 17.0 Å². The minimum Gasteiger partial charge on any atom is -0.468 e. The Morgan fingerprint density at radius 2 is 1.77 bits per heavy atom. The number of ketones is 1. The van der Waals surface area contributed by atoms with Crippen molar-refractivity contribution < 1.29 is 14.3 Å². The molecule has 2 aromatic rings. The van der Waals surface area contributed by atoms with Crippen LogP contribution >= 0.6 is 0 Å². The van der Waals surface area contributed by atoms with Gasteiger partial charge in [-0.05, 0) is 30.5 Å². The monoisotopic (exact) mass is 402 g/mol. The molecule has 4 rings (SSSR count). The van der Waals surface area contributed by atoms with Crippen molar-refractivity contribution in [1.29, 1.82) is 0 Å². The molecule has 0 N–H and O–H groups in total. The fraction of sp³-hybridized carbons (Fsp3) is 0.320. The Labute approximate surface area is 177 Å². The molecule has 0 aromatic heterocycles. The van der Waals surface area contributed by atoms with Crippen LogP contribution in [0.4, 0.5) is 0 Å². The van der Waals surface area contributed by atoms with E-state index in [1.54, 1.807) is 0 Å². The Kier molecular flexibility index (Phi) is 5.64. The van der Waals surface area contributed by atoms with Gasteiger partial charge in [-0.2, -0.15) is 0 Å². The Morgan fingerprint density at radius 3 is 2.47 bits per heavy atom. The first-order valence-corrected chi connectivity index (χ1v) is 10.2. The second-order valence-electron chi connectivity index (χ2n) is 8.00. The summed E-state index contributed by atoms with van der Waals surface area (Å²) in [5, 5.41) is 0. The average Bonchev–Trinajstić information content (AvgIpc) is 2.73. The number of aryl methyl sites for hydroxylation is 1. The highest BCUT2D eigenvalue weighted by molar-refractivity contribution is 6.09. The van der Waals surface area contributed by atoms with E-state index in [4.69, 9.17) is 9.73 Å². The summed E-state index contributed by atoms with van der Waals surface area (Å²) in [6, 6.07) is 18.1. The fourth-order valence-electron chi connectivity index (χ4n) is 4.60. The second kappa shape index (κ2) is 8.36. The maximum absolute atomic E-state index is 13.4. The van der Waals surface area contributed by atoms with Crippen LogP contribution in [0.5, 0.6) is 0 Å². The van der Waals surface area contributed by atoms with E-state index in [0.29, 0.717) is 30.9 Å². The molecule has 0 saturated heterocycles. The molecule has 2 aliphatic heterocycles. The maximum Gasteiger partial charge on any atom is 0.315 e. The molecule has 2 atom stereocenters. The van der Waals surface area contributed by atoms with Gasteiger partial charge in [-0.3, -0.25) is 19.5 Å². The van der Waals surface area contributed by atoms with E-state index in [9.17, 15) is 9.59 Å². The first-order valence-electron chi connectivity index (χ1n) is 10.2. The number of benzene rings is 2. The summed E-state index contributed by atoms with van der Waals surface area (Å²) >= 11 is 0. The molecule has 0 radical (unpaired) electrons. The van der Waals surface area contributed by atoms with Crippen molar-refractivity contribution in [3.8, 4) is 0 Å². The number of hydrogen-bond donors (Lipinski definition) is 0.